The molecule has 0 amide bonds. The van der Waals surface area contributed by atoms with Gasteiger partial charge in [0.15, 0.2) is 0 Å². The zero-order chi connectivity index (χ0) is 14.8. The van der Waals surface area contributed by atoms with Gasteiger partial charge in [0.1, 0.15) is 6.61 Å². The molecule has 0 atom stereocenters. The van der Waals surface area contributed by atoms with E-state index in [1.807, 2.05) is 0 Å². The first-order chi connectivity index (χ1) is 8.53. The zero-order valence-corrected chi connectivity index (χ0v) is 9.55. The van der Waals surface area contributed by atoms with Gasteiger partial charge >= 0.3 is 12.4 Å². The van der Waals surface area contributed by atoms with E-state index in [0.717, 1.165) is 0 Å². The smallest absolute Gasteiger partial charge is 0.353 e. The first-order valence-corrected chi connectivity index (χ1v) is 4.93. The molecule has 0 aromatic carbocycles. The zero-order valence-electron chi connectivity index (χ0n) is 9.55. The van der Waals surface area contributed by atoms with Gasteiger partial charge in [-0.3, -0.25) is 4.79 Å². The standard InChI is InChI=1S/C10H9F6NO2/c1-17-4-2-3-6(17)7(18)5-19-8(9(11,12)13)10(14,15)16/h2-4,8H,5H2,1H3. The lowest BCUT2D eigenvalue weighted by Gasteiger charge is -2.22. The number of ketones is 1. The number of rotatable bonds is 4. The molecule has 0 fully saturated rings. The van der Waals surface area contributed by atoms with Gasteiger partial charge in [-0.15, -0.1) is 0 Å². The molecule has 9 heteroatoms. The number of alkyl halides is 6. The summed E-state index contributed by atoms with van der Waals surface area (Å²) in [5.74, 6) is -0.967. The third-order valence-corrected chi connectivity index (χ3v) is 2.21. The van der Waals surface area contributed by atoms with Gasteiger partial charge in [0.05, 0.1) is 5.69 Å². The Morgan fingerprint density at radius 3 is 2.16 bits per heavy atom. The van der Waals surface area contributed by atoms with E-state index < -0.39 is 30.8 Å². The summed E-state index contributed by atoms with van der Waals surface area (Å²) >= 11 is 0. The monoisotopic (exact) mass is 289 g/mol. The molecule has 0 aliphatic carbocycles. The van der Waals surface area contributed by atoms with E-state index in [-0.39, 0.29) is 5.69 Å². The van der Waals surface area contributed by atoms with Gasteiger partial charge in [0.2, 0.25) is 11.9 Å². The van der Waals surface area contributed by atoms with Gasteiger partial charge < -0.3 is 9.30 Å². The van der Waals surface area contributed by atoms with Crippen LogP contribution < -0.4 is 0 Å². The van der Waals surface area contributed by atoms with Crippen LogP contribution in [0.3, 0.4) is 0 Å². The number of Topliss-reactive ketones (excluding diaryl/α,β-unsaturated/α-hetero) is 1. The van der Waals surface area contributed by atoms with Crippen molar-refractivity contribution in [3.05, 3.63) is 24.0 Å². The molecular formula is C10H9F6NO2. The Bertz CT molecular complexity index is 434. The van der Waals surface area contributed by atoms with E-state index in [9.17, 15) is 31.1 Å². The molecule has 0 spiro atoms. The van der Waals surface area contributed by atoms with Crippen LogP contribution in [0.1, 0.15) is 10.5 Å². The van der Waals surface area contributed by atoms with Crippen LogP contribution in [-0.4, -0.2) is 35.4 Å². The lowest BCUT2D eigenvalue weighted by molar-refractivity contribution is -0.319. The van der Waals surface area contributed by atoms with E-state index >= 15 is 0 Å². The average Bonchev–Trinajstić information content (AvgIpc) is 2.60. The quantitative estimate of drug-likeness (QED) is 0.630. The number of hydrogen-bond acceptors (Lipinski definition) is 2. The molecule has 0 unspecified atom stereocenters. The average molecular weight is 289 g/mol. The first-order valence-electron chi connectivity index (χ1n) is 4.93. The molecule has 19 heavy (non-hydrogen) atoms. The van der Waals surface area contributed by atoms with Gasteiger partial charge in [-0.05, 0) is 12.1 Å². The molecular weight excluding hydrogens is 280 g/mol. The van der Waals surface area contributed by atoms with Crippen LogP contribution >= 0.6 is 0 Å². The second-order valence-electron chi connectivity index (χ2n) is 3.70. The Balaban J connectivity index is 2.74. The summed E-state index contributed by atoms with van der Waals surface area (Å²) in [5.41, 5.74) is -0.0388. The van der Waals surface area contributed by atoms with Crippen molar-refractivity contribution in [1.29, 1.82) is 0 Å². The van der Waals surface area contributed by atoms with Gasteiger partial charge in [0.25, 0.3) is 0 Å². The van der Waals surface area contributed by atoms with E-state index in [2.05, 4.69) is 4.74 Å². The lowest BCUT2D eigenvalue weighted by Crippen LogP contribution is -2.45. The molecule has 1 aromatic rings. The summed E-state index contributed by atoms with van der Waals surface area (Å²) in [6.07, 6.45) is -13.8. The van der Waals surface area contributed by atoms with Crippen LogP contribution in [-0.2, 0) is 11.8 Å². The maximum atomic E-state index is 12.1. The summed E-state index contributed by atoms with van der Waals surface area (Å²) in [4.78, 5) is 11.4. The Hall–Kier alpha value is -1.51. The number of hydrogen-bond donors (Lipinski definition) is 0. The normalized spacial score (nSPS) is 13.1. The molecule has 0 aliphatic rings. The van der Waals surface area contributed by atoms with Crippen molar-refractivity contribution in [3.63, 3.8) is 0 Å². The summed E-state index contributed by atoms with van der Waals surface area (Å²) in [7, 11) is 1.43. The highest BCUT2D eigenvalue weighted by Gasteiger charge is 2.58. The maximum Gasteiger partial charge on any atom is 0.423 e. The van der Waals surface area contributed by atoms with Crippen LogP contribution in [0.15, 0.2) is 18.3 Å². The molecule has 0 aliphatic heterocycles. The number of aryl methyl sites for hydroxylation is 1. The third-order valence-electron chi connectivity index (χ3n) is 2.21. The summed E-state index contributed by atoms with van der Waals surface area (Å²) < 4.78 is 77.7. The summed E-state index contributed by atoms with van der Waals surface area (Å²) in [6, 6.07) is 2.69. The highest BCUT2D eigenvalue weighted by atomic mass is 19.4. The number of carbonyl (C=O) groups excluding carboxylic acids is 1. The molecule has 1 rings (SSSR count). The highest BCUT2D eigenvalue weighted by molar-refractivity contribution is 5.95. The van der Waals surface area contributed by atoms with Crippen molar-refractivity contribution < 1.29 is 35.9 Å². The Kier molecular flexibility index (Phi) is 4.28. The summed E-state index contributed by atoms with van der Waals surface area (Å²) in [6.45, 7) is -1.30. The molecule has 1 heterocycles. The summed E-state index contributed by atoms with van der Waals surface area (Å²) in [5, 5.41) is 0. The van der Waals surface area contributed by atoms with Crippen LogP contribution in [0, 0.1) is 0 Å². The van der Waals surface area contributed by atoms with Crippen LogP contribution in [0.5, 0.6) is 0 Å². The Morgan fingerprint density at radius 2 is 1.79 bits per heavy atom. The number of carbonyl (C=O) groups is 1. The number of aromatic nitrogens is 1. The second kappa shape index (κ2) is 5.24. The number of ether oxygens (including phenoxy) is 1. The van der Waals surface area contributed by atoms with Crippen LogP contribution in [0.2, 0.25) is 0 Å². The fraction of sp³-hybridized carbons (Fsp3) is 0.500. The minimum absolute atomic E-state index is 0.0388. The van der Waals surface area contributed by atoms with Crippen LogP contribution in [0.25, 0.3) is 0 Å². The highest BCUT2D eigenvalue weighted by Crippen LogP contribution is 2.35. The lowest BCUT2D eigenvalue weighted by atomic mass is 10.3. The maximum absolute atomic E-state index is 12.1. The van der Waals surface area contributed by atoms with Crippen LogP contribution in [0.4, 0.5) is 26.3 Å². The molecule has 0 saturated carbocycles. The van der Waals surface area contributed by atoms with E-state index in [4.69, 9.17) is 0 Å². The second-order valence-corrected chi connectivity index (χ2v) is 3.70. The molecule has 108 valence electrons. The first kappa shape index (κ1) is 15.5. The van der Waals surface area contributed by atoms with E-state index in [1.54, 1.807) is 0 Å². The molecule has 0 saturated heterocycles. The number of nitrogens with zero attached hydrogens (tertiary/aromatic N) is 1. The van der Waals surface area contributed by atoms with Crippen molar-refractivity contribution >= 4 is 5.78 Å². The number of halogens is 6. The van der Waals surface area contributed by atoms with Gasteiger partial charge in [-0.25, -0.2) is 0 Å². The van der Waals surface area contributed by atoms with Gasteiger partial charge in [-0.1, -0.05) is 0 Å². The predicted molar refractivity (Wildman–Crippen MR) is 51.6 cm³/mol. The van der Waals surface area contributed by atoms with Crippen molar-refractivity contribution in [2.24, 2.45) is 7.05 Å². The van der Waals surface area contributed by atoms with Crippen molar-refractivity contribution in [1.82, 2.24) is 4.57 Å². The Morgan fingerprint density at radius 1 is 1.26 bits per heavy atom. The largest absolute Gasteiger partial charge is 0.423 e. The molecule has 0 N–H and O–H groups in total. The minimum atomic E-state index is -5.62. The molecule has 3 nitrogen and oxygen atoms in total. The fourth-order valence-corrected chi connectivity index (χ4v) is 1.36. The minimum Gasteiger partial charge on any atom is -0.353 e. The predicted octanol–water partition coefficient (Wildman–Crippen LogP) is 2.72. The third kappa shape index (κ3) is 3.98. The molecule has 0 bridgehead atoms. The van der Waals surface area contributed by atoms with E-state index in [1.165, 1.54) is 29.9 Å². The van der Waals surface area contributed by atoms with E-state index in [0.29, 0.717) is 0 Å². The molecule has 0 radical (unpaired) electrons. The topological polar surface area (TPSA) is 31.2 Å². The van der Waals surface area contributed by atoms with Gasteiger partial charge in [-0.2, -0.15) is 26.3 Å². The molecule has 1 aromatic heterocycles. The SMILES string of the molecule is Cn1cccc1C(=O)COC(C(F)(F)F)C(F)(F)F. The van der Waals surface area contributed by atoms with Crippen molar-refractivity contribution in [2.75, 3.05) is 6.61 Å². The Labute approximate surface area is 103 Å². The van der Waals surface area contributed by atoms with Crippen molar-refractivity contribution in [2.45, 2.75) is 18.5 Å². The van der Waals surface area contributed by atoms with Gasteiger partial charge in [0, 0.05) is 13.2 Å². The van der Waals surface area contributed by atoms with Crippen molar-refractivity contribution in [3.8, 4) is 0 Å². The fourth-order valence-electron chi connectivity index (χ4n) is 1.36.